The number of nitro groups is 1. The van der Waals surface area contributed by atoms with E-state index in [-0.39, 0.29) is 5.69 Å². The number of rotatable bonds is 3. The molecule has 0 radical (unpaired) electrons. The van der Waals surface area contributed by atoms with Gasteiger partial charge in [-0.3, -0.25) is 10.1 Å². The number of nitro benzene ring substituents is 1. The molecule has 0 aliphatic rings. The molecule has 0 bridgehead atoms. The molecule has 0 aliphatic carbocycles. The zero-order valence-electron chi connectivity index (χ0n) is 11.9. The maximum Gasteiger partial charge on any atom is 0.340 e. The third kappa shape index (κ3) is 2.03. The Kier molecular flexibility index (Phi) is 3.48. The molecule has 2 rings (SSSR count). The highest BCUT2D eigenvalue weighted by atomic mass is 16.6. The number of carbonyl (C=O) groups excluding carboxylic acids is 1. The van der Waals surface area contributed by atoms with Crippen molar-refractivity contribution in [3.8, 4) is 0 Å². The second-order valence-corrected chi connectivity index (χ2v) is 4.65. The highest BCUT2D eigenvalue weighted by Gasteiger charge is 2.23. The lowest BCUT2D eigenvalue weighted by Gasteiger charge is -2.02. The fourth-order valence-electron chi connectivity index (χ4n) is 2.36. The van der Waals surface area contributed by atoms with Crippen LogP contribution in [0.3, 0.4) is 0 Å². The van der Waals surface area contributed by atoms with Crippen LogP contribution in [0.25, 0.3) is 10.9 Å². The number of hydrogen-bond donors (Lipinski definition) is 0. The van der Waals surface area contributed by atoms with Gasteiger partial charge in [0.15, 0.2) is 0 Å². The Hall–Kier alpha value is -2.37. The second kappa shape index (κ2) is 4.96. The lowest BCUT2D eigenvalue weighted by molar-refractivity contribution is -0.385. The van der Waals surface area contributed by atoms with Gasteiger partial charge in [0, 0.05) is 29.8 Å². The molecule has 2 aromatic rings. The Labute approximate surface area is 116 Å². The minimum atomic E-state index is -0.416. The Morgan fingerprint density at radius 3 is 2.60 bits per heavy atom. The van der Waals surface area contributed by atoms with Gasteiger partial charge in [0.2, 0.25) is 0 Å². The molecule has 6 heteroatoms. The van der Waals surface area contributed by atoms with Crippen molar-refractivity contribution in [2.45, 2.75) is 20.8 Å². The number of carbonyl (C=O) groups is 1. The highest BCUT2D eigenvalue weighted by Crippen LogP contribution is 2.31. The smallest absolute Gasteiger partial charge is 0.340 e. The fourth-order valence-corrected chi connectivity index (χ4v) is 2.36. The third-order valence-electron chi connectivity index (χ3n) is 3.49. The molecule has 0 spiro atoms. The topological polar surface area (TPSA) is 74.4 Å². The monoisotopic (exact) mass is 276 g/mol. The van der Waals surface area contributed by atoms with Crippen molar-refractivity contribution < 1.29 is 14.5 Å². The van der Waals surface area contributed by atoms with Crippen LogP contribution < -0.4 is 0 Å². The van der Waals surface area contributed by atoms with Crippen LogP contribution in [-0.4, -0.2) is 22.1 Å². The van der Waals surface area contributed by atoms with Crippen molar-refractivity contribution in [1.29, 1.82) is 0 Å². The van der Waals surface area contributed by atoms with Crippen LogP contribution in [0.2, 0.25) is 0 Å². The van der Waals surface area contributed by atoms with Gasteiger partial charge in [0.1, 0.15) is 0 Å². The molecule has 0 fully saturated rings. The summed E-state index contributed by atoms with van der Waals surface area (Å²) in [6.07, 6.45) is 0. The summed E-state index contributed by atoms with van der Waals surface area (Å²) in [5.41, 5.74) is 2.44. The van der Waals surface area contributed by atoms with Gasteiger partial charge in [-0.05, 0) is 26.8 Å². The van der Waals surface area contributed by atoms with Gasteiger partial charge in [0.25, 0.3) is 5.69 Å². The van der Waals surface area contributed by atoms with Crippen LogP contribution in [0.5, 0.6) is 0 Å². The molecule has 0 aliphatic heterocycles. The molecule has 1 heterocycles. The van der Waals surface area contributed by atoms with Crippen molar-refractivity contribution >= 4 is 22.6 Å². The molecule has 0 saturated heterocycles. The first-order valence-corrected chi connectivity index (χ1v) is 6.29. The van der Waals surface area contributed by atoms with Crippen molar-refractivity contribution in [2.75, 3.05) is 6.61 Å². The maximum atomic E-state index is 12.1. The van der Waals surface area contributed by atoms with Crippen molar-refractivity contribution in [2.24, 2.45) is 7.05 Å². The molecule has 0 N–H and O–H groups in total. The lowest BCUT2D eigenvalue weighted by Crippen LogP contribution is -2.06. The van der Waals surface area contributed by atoms with E-state index in [0.717, 1.165) is 5.69 Å². The summed E-state index contributed by atoms with van der Waals surface area (Å²) in [5.74, 6) is -0.399. The molecular weight excluding hydrogens is 260 g/mol. The van der Waals surface area contributed by atoms with Gasteiger partial charge >= 0.3 is 5.97 Å². The predicted octanol–water partition coefficient (Wildman–Crippen LogP) is 2.88. The molecule has 0 saturated carbocycles. The van der Waals surface area contributed by atoms with Crippen LogP contribution in [0.15, 0.2) is 12.1 Å². The Bertz CT molecular complexity index is 716. The first-order chi connectivity index (χ1) is 9.38. The lowest BCUT2D eigenvalue weighted by atomic mass is 10.1. The summed E-state index contributed by atoms with van der Waals surface area (Å²) >= 11 is 0. The Morgan fingerprint density at radius 2 is 2.05 bits per heavy atom. The molecule has 6 nitrogen and oxygen atoms in total. The Balaban J connectivity index is 2.78. The predicted molar refractivity (Wildman–Crippen MR) is 75.0 cm³/mol. The van der Waals surface area contributed by atoms with Crippen LogP contribution >= 0.6 is 0 Å². The number of hydrogen-bond acceptors (Lipinski definition) is 4. The van der Waals surface area contributed by atoms with E-state index in [1.807, 2.05) is 0 Å². The zero-order chi connectivity index (χ0) is 15.0. The Morgan fingerprint density at radius 1 is 1.40 bits per heavy atom. The van der Waals surface area contributed by atoms with E-state index < -0.39 is 10.9 Å². The first-order valence-electron chi connectivity index (χ1n) is 6.29. The number of esters is 1. The molecule has 0 atom stereocenters. The third-order valence-corrected chi connectivity index (χ3v) is 3.49. The summed E-state index contributed by atoms with van der Waals surface area (Å²) in [5, 5.41) is 11.7. The number of ether oxygens (including phenoxy) is 1. The molecule has 0 amide bonds. The molecule has 20 heavy (non-hydrogen) atoms. The molecule has 1 aromatic carbocycles. The normalized spacial score (nSPS) is 10.8. The van der Waals surface area contributed by atoms with Crippen molar-refractivity contribution in [3.63, 3.8) is 0 Å². The summed E-state index contributed by atoms with van der Waals surface area (Å²) < 4.78 is 6.83. The standard InChI is InChI=1S/C14H16N2O4/c1-5-20-14(17)13-9(3)15(4)12-7-11(16(18)19)8(2)6-10(12)13/h6-7H,5H2,1-4H3. The van der Waals surface area contributed by atoms with E-state index >= 15 is 0 Å². The van der Waals surface area contributed by atoms with Gasteiger partial charge in [-0.25, -0.2) is 4.79 Å². The molecule has 1 aromatic heterocycles. The average Bonchev–Trinajstić information content (AvgIpc) is 2.60. The van der Waals surface area contributed by atoms with Gasteiger partial charge < -0.3 is 9.30 Å². The van der Waals surface area contributed by atoms with E-state index in [9.17, 15) is 14.9 Å². The number of nitrogens with zero attached hydrogens (tertiary/aromatic N) is 2. The van der Waals surface area contributed by atoms with Crippen molar-refractivity contribution in [3.05, 3.63) is 39.1 Å². The average molecular weight is 276 g/mol. The molecule has 106 valence electrons. The maximum absolute atomic E-state index is 12.1. The largest absolute Gasteiger partial charge is 0.462 e. The summed E-state index contributed by atoms with van der Waals surface area (Å²) in [7, 11) is 1.78. The number of aryl methyl sites for hydroxylation is 2. The van der Waals surface area contributed by atoms with Gasteiger partial charge in [-0.1, -0.05) is 0 Å². The fraction of sp³-hybridized carbons (Fsp3) is 0.357. The summed E-state index contributed by atoms with van der Waals surface area (Å²) in [6.45, 7) is 5.50. The molecule has 0 unspecified atom stereocenters. The van der Waals surface area contributed by atoms with Gasteiger partial charge in [0.05, 0.1) is 22.6 Å². The van der Waals surface area contributed by atoms with Crippen LogP contribution in [0.4, 0.5) is 5.69 Å². The van der Waals surface area contributed by atoms with Gasteiger partial charge in [-0.2, -0.15) is 0 Å². The quantitative estimate of drug-likeness (QED) is 0.491. The second-order valence-electron chi connectivity index (χ2n) is 4.65. The van der Waals surface area contributed by atoms with E-state index in [1.165, 1.54) is 6.07 Å². The van der Waals surface area contributed by atoms with Gasteiger partial charge in [-0.15, -0.1) is 0 Å². The van der Waals surface area contributed by atoms with E-state index in [0.29, 0.717) is 28.6 Å². The summed E-state index contributed by atoms with van der Waals surface area (Å²) in [6, 6.07) is 3.17. The summed E-state index contributed by atoms with van der Waals surface area (Å²) in [4.78, 5) is 22.6. The molecular formula is C14H16N2O4. The van der Waals surface area contributed by atoms with Crippen LogP contribution in [0, 0.1) is 24.0 Å². The van der Waals surface area contributed by atoms with E-state index in [1.54, 1.807) is 38.5 Å². The number of aromatic nitrogens is 1. The minimum Gasteiger partial charge on any atom is -0.462 e. The SMILES string of the molecule is CCOC(=O)c1c(C)n(C)c2cc([N+](=O)[O-])c(C)cc12. The van der Waals surface area contributed by atoms with E-state index in [2.05, 4.69) is 0 Å². The minimum absolute atomic E-state index is 0.0495. The van der Waals surface area contributed by atoms with Crippen LogP contribution in [-0.2, 0) is 11.8 Å². The zero-order valence-corrected chi connectivity index (χ0v) is 11.9. The van der Waals surface area contributed by atoms with Crippen molar-refractivity contribution in [1.82, 2.24) is 4.57 Å². The first kappa shape index (κ1) is 14.0. The number of benzene rings is 1. The number of fused-ring (bicyclic) bond motifs is 1. The van der Waals surface area contributed by atoms with E-state index in [4.69, 9.17) is 4.74 Å². The van der Waals surface area contributed by atoms with Crippen LogP contribution in [0.1, 0.15) is 28.5 Å². The highest BCUT2D eigenvalue weighted by molar-refractivity contribution is 6.06.